The molecule has 4 aliphatic carbocycles. The number of para-hydroxylation sites is 1. The molecule has 0 heterocycles. The Kier molecular flexibility index (Phi) is 11.0. The van der Waals surface area contributed by atoms with Crippen molar-refractivity contribution in [2.45, 2.75) is 76.0 Å². The lowest BCUT2D eigenvalue weighted by atomic mass is 9.74. The van der Waals surface area contributed by atoms with Crippen molar-refractivity contribution in [2.75, 3.05) is 4.90 Å². The fraction of sp³-hybridized carbons (Fsp3) is 0.194. The molecule has 0 radical (unpaired) electrons. The summed E-state index contributed by atoms with van der Waals surface area (Å²) in [7, 11) is 0. The Balaban J connectivity index is 1.06. The van der Waals surface area contributed by atoms with Crippen LogP contribution in [0.2, 0.25) is 0 Å². The zero-order chi connectivity index (χ0) is 45.6. The van der Waals surface area contributed by atoms with Crippen LogP contribution < -0.4 is 15.3 Å². The Morgan fingerprint density at radius 1 is 0.515 bits per heavy atom. The molecule has 4 aliphatic rings. The number of fused-ring (bicyclic) bond motifs is 4. The lowest BCUT2D eigenvalue weighted by Gasteiger charge is -2.33. The Hall–Kier alpha value is -7.22. The summed E-state index contributed by atoms with van der Waals surface area (Å²) in [6, 6.07) is 75.3. The molecular formula is C67H59N. The molecular weight excluding hydrogens is 819 g/mol. The average molecular weight is 878 g/mol. The predicted molar refractivity (Wildman–Crippen MR) is 287 cm³/mol. The van der Waals surface area contributed by atoms with Crippen LogP contribution in [0.3, 0.4) is 0 Å². The van der Waals surface area contributed by atoms with Crippen molar-refractivity contribution in [3.63, 3.8) is 0 Å². The van der Waals surface area contributed by atoms with Crippen LogP contribution in [0.15, 0.2) is 212 Å². The van der Waals surface area contributed by atoms with Gasteiger partial charge in [-0.15, -0.1) is 0 Å². The molecule has 0 amide bonds. The van der Waals surface area contributed by atoms with Crippen molar-refractivity contribution in [2.24, 2.45) is 5.92 Å². The number of rotatable bonds is 9. The first-order valence-electron chi connectivity index (χ1n) is 25.2. The summed E-state index contributed by atoms with van der Waals surface area (Å²) >= 11 is 0. The van der Waals surface area contributed by atoms with Gasteiger partial charge in [0.15, 0.2) is 0 Å². The van der Waals surface area contributed by atoms with Crippen molar-refractivity contribution in [1.82, 2.24) is 0 Å². The van der Waals surface area contributed by atoms with E-state index in [1.54, 1.807) is 5.56 Å². The largest absolute Gasteiger partial charge is 0.309 e. The predicted octanol–water partition coefficient (Wildman–Crippen LogP) is 16.2. The number of anilines is 3. The van der Waals surface area contributed by atoms with E-state index >= 15 is 0 Å². The van der Waals surface area contributed by atoms with Crippen LogP contribution in [0, 0.1) is 5.92 Å². The maximum Gasteiger partial charge on any atom is 0.0543 e. The fourth-order valence-corrected chi connectivity index (χ4v) is 12.6. The highest BCUT2D eigenvalue weighted by Gasteiger charge is 2.42. The molecule has 3 atom stereocenters. The van der Waals surface area contributed by atoms with E-state index in [2.05, 4.69) is 237 Å². The molecule has 0 saturated heterocycles. The minimum atomic E-state index is -0.313. The van der Waals surface area contributed by atoms with E-state index in [9.17, 15) is 0 Å². The molecule has 1 heteroatoms. The zero-order valence-corrected chi connectivity index (χ0v) is 39.4. The molecule has 8 aromatic carbocycles. The molecule has 1 saturated carbocycles. The lowest BCUT2D eigenvalue weighted by Crippen LogP contribution is -2.35. The number of nitrogens with zero attached hydrogens (tertiary/aromatic N) is 1. The maximum absolute atomic E-state index is 2.61. The SMILES string of the molecule is CC1C=C(c2ccccc2)C(c2ccccc2)=CC1c1ccc(N(c2ccccc2C2=c3c(C4CCCCC4)cccc3=CCC2)c2cccc3c2-c2ccccc2C3(C)c2ccccc2)cc1. The van der Waals surface area contributed by atoms with Crippen LogP contribution in [0.1, 0.15) is 115 Å². The van der Waals surface area contributed by atoms with Gasteiger partial charge in [0.2, 0.25) is 0 Å². The molecule has 1 nitrogen and oxygen atoms in total. The third-order valence-electron chi connectivity index (χ3n) is 16.0. The second-order valence-electron chi connectivity index (χ2n) is 19.8. The third kappa shape index (κ3) is 7.23. The smallest absolute Gasteiger partial charge is 0.0543 e. The van der Waals surface area contributed by atoms with Crippen molar-refractivity contribution < 1.29 is 0 Å². The summed E-state index contributed by atoms with van der Waals surface area (Å²) in [6.45, 7) is 4.82. The number of allylic oxidation sites excluding steroid dienone is 4. The number of hydrogen-bond donors (Lipinski definition) is 0. The molecule has 332 valence electrons. The Morgan fingerprint density at radius 2 is 1.12 bits per heavy atom. The second-order valence-corrected chi connectivity index (χ2v) is 19.8. The summed E-state index contributed by atoms with van der Waals surface area (Å²) in [4.78, 5) is 2.61. The van der Waals surface area contributed by atoms with E-state index in [0.717, 1.165) is 12.8 Å². The van der Waals surface area contributed by atoms with E-state index in [0.29, 0.717) is 11.8 Å². The van der Waals surface area contributed by atoms with Gasteiger partial charge in [-0.2, -0.15) is 0 Å². The summed E-state index contributed by atoms with van der Waals surface area (Å²) in [5, 5.41) is 2.89. The molecule has 68 heavy (non-hydrogen) atoms. The molecule has 3 unspecified atom stereocenters. The van der Waals surface area contributed by atoms with Gasteiger partial charge in [-0.3, -0.25) is 0 Å². The van der Waals surface area contributed by atoms with Gasteiger partial charge in [0, 0.05) is 28.1 Å². The standard InChI is InChI=1S/C67H59N/c1-46-44-59(48-24-9-4-10-25-48)60(49-26-11-5-12-27-49)45-58(46)50-40-42-53(43-41-50)68(64-39-21-37-62-66(64)57-33-15-17-36-61(57)67(62,2)52-30-13-6-14-31-52)63-38-18-16-32-55(63)56-35-20-29-51-28-19-34-54(65(51)56)47-22-7-3-8-23-47/h4-6,9-19,21,24-34,36-47,58H,3,7-8,20,22-23,35H2,1-2H3. The highest BCUT2D eigenvalue weighted by atomic mass is 15.1. The average Bonchev–Trinajstić information content (AvgIpc) is 3.68. The summed E-state index contributed by atoms with van der Waals surface area (Å²) in [5.74, 6) is 1.14. The molecule has 8 aromatic rings. The minimum absolute atomic E-state index is 0.218. The second kappa shape index (κ2) is 17.8. The first-order chi connectivity index (χ1) is 33.6. The van der Waals surface area contributed by atoms with Crippen LogP contribution in [0.4, 0.5) is 17.1 Å². The number of benzene rings is 8. The normalized spacial score (nSPS) is 19.8. The van der Waals surface area contributed by atoms with Gasteiger partial charge in [0.05, 0.1) is 11.4 Å². The van der Waals surface area contributed by atoms with E-state index in [1.165, 1.54) is 126 Å². The topological polar surface area (TPSA) is 3.24 Å². The highest BCUT2D eigenvalue weighted by molar-refractivity contribution is 6.06. The van der Waals surface area contributed by atoms with Crippen LogP contribution in [0.25, 0.3) is 33.9 Å². The Bertz CT molecular complexity index is 3330. The lowest BCUT2D eigenvalue weighted by molar-refractivity contribution is 0.442. The van der Waals surface area contributed by atoms with Crippen LogP contribution in [-0.2, 0) is 5.41 Å². The minimum Gasteiger partial charge on any atom is -0.309 e. The number of hydrogen-bond acceptors (Lipinski definition) is 1. The molecule has 0 aromatic heterocycles. The molecule has 0 spiro atoms. The quantitative estimate of drug-likeness (QED) is 0.140. The van der Waals surface area contributed by atoms with Gasteiger partial charge in [-0.05, 0) is 140 Å². The van der Waals surface area contributed by atoms with Gasteiger partial charge in [-0.1, -0.05) is 220 Å². The highest BCUT2D eigenvalue weighted by Crippen LogP contribution is 2.57. The molecule has 0 aliphatic heterocycles. The van der Waals surface area contributed by atoms with E-state index in [4.69, 9.17) is 0 Å². The van der Waals surface area contributed by atoms with Gasteiger partial charge < -0.3 is 4.90 Å². The monoisotopic (exact) mass is 877 g/mol. The molecule has 1 fully saturated rings. The van der Waals surface area contributed by atoms with E-state index in [-0.39, 0.29) is 11.3 Å². The summed E-state index contributed by atoms with van der Waals surface area (Å²) in [6.07, 6.45) is 16.2. The maximum atomic E-state index is 2.61. The van der Waals surface area contributed by atoms with E-state index < -0.39 is 0 Å². The third-order valence-corrected chi connectivity index (χ3v) is 16.0. The van der Waals surface area contributed by atoms with Crippen molar-refractivity contribution >= 4 is 39.9 Å². The zero-order valence-electron chi connectivity index (χ0n) is 39.4. The van der Waals surface area contributed by atoms with Crippen molar-refractivity contribution in [1.29, 1.82) is 0 Å². The summed E-state index contributed by atoms with van der Waals surface area (Å²) in [5.41, 5.74) is 20.8. The van der Waals surface area contributed by atoms with Gasteiger partial charge in [0.25, 0.3) is 0 Å². The molecule has 0 bridgehead atoms. The van der Waals surface area contributed by atoms with Crippen LogP contribution in [0.5, 0.6) is 0 Å². The summed E-state index contributed by atoms with van der Waals surface area (Å²) < 4.78 is 0. The van der Waals surface area contributed by atoms with Crippen LogP contribution >= 0.6 is 0 Å². The van der Waals surface area contributed by atoms with Gasteiger partial charge in [0.1, 0.15) is 0 Å². The van der Waals surface area contributed by atoms with Crippen molar-refractivity contribution in [3.05, 3.63) is 267 Å². The molecule has 0 N–H and O–H groups in total. The first kappa shape index (κ1) is 42.2. The first-order valence-corrected chi connectivity index (χ1v) is 25.2. The van der Waals surface area contributed by atoms with E-state index in [1.807, 2.05) is 0 Å². The van der Waals surface area contributed by atoms with Crippen molar-refractivity contribution in [3.8, 4) is 11.1 Å². The molecule has 12 rings (SSSR count). The fourth-order valence-electron chi connectivity index (χ4n) is 12.6. The Morgan fingerprint density at radius 3 is 1.85 bits per heavy atom. The van der Waals surface area contributed by atoms with Crippen LogP contribution in [-0.4, -0.2) is 0 Å². The Labute approximate surface area is 403 Å². The van der Waals surface area contributed by atoms with Gasteiger partial charge >= 0.3 is 0 Å². The van der Waals surface area contributed by atoms with Gasteiger partial charge in [-0.25, -0.2) is 0 Å².